The molecule has 0 atom stereocenters. The van der Waals surface area contributed by atoms with Gasteiger partial charge >= 0.3 is 0 Å². The summed E-state index contributed by atoms with van der Waals surface area (Å²) < 4.78 is 0. The van der Waals surface area contributed by atoms with Crippen LogP contribution in [0.1, 0.15) is 44.6 Å². The number of hydrogen-bond donors (Lipinski definition) is 1. The smallest absolute Gasteiger partial charge is 0.269 e. The standard InChI is InChI=1S/C15H21ClN2O2/c1-2-11-3-5-13(6-4-11)17-10-12-9-14(18(19)20)7-8-15(12)16/h7-9,11,13,17H,2-6,10H2,1H3. The van der Waals surface area contributed by atoms with Gasteiger partial charge in [0, 0.05) is 29.7 Å². The first-order valence-corrected chi connectivity index (χ1v) is 7.64. The lowest BCUT2D eigenvalue weighted by Gasteiger charge is -2.28. The minimum Gasteiger partial charge on any atom is -0.310 e. The average molecular weight is 297 g/mol. The predicted octanol–water partition coefficient (Wildman–Crippen LogP) is 4.31. The fourth-order valence-corrected chi connectivity index (χ4v) is 3.02. The van der Waals surface area contributed by atoms with E-state index in [-0.39, 0.29) is 10.6 Å². The Hall–Kier alpha value is -1.13. The van der Waals surface area contributed by atoms with Crippen molar-refractivity contribution in [1.29, 1.82) is 0 Å². The Bertz CT molecular complexity index is 471. The lowest BCUT2D eigenvalue weighted by molar-refractivity contribution is -0.384. The number of halogens is 1. The van der Waals surface area contributed by atoms with Gasteiger partial charge in [-0.15, -0.1) is 0 Å². The molecule has 1 fully saturated rings. The van der Waals surface area contributed by atoms with Crippen molar-refractivity contribution >= 4 is 17.3 Å². The minimum atomic E-state index is -0.383. The van der Waals surface area contributed by atoms with Crippen LogP contribution in [0.25, 0.3) is 0 Å². The van der Waals surface area contributed by atoms with Gasteiger partial charge in [-0.2, -0.15) is 0 Å². The lowest BCUT2D eigenvalue weighted by Crippen LogP contribution is -2.32. The Morgan fingerprint density at radius 3 is 2.65 bits per heavy atom. The molecule has 0 amide bonds. The molecule has 0 spiro atoms. The van der Waals surface area contributed by atoms with E-state index in [1.54, 1.807) is 12.1 Å². The van der Waals surface area contributed by atoms with Crippen LogP contribution in [0.5, 0.6) is 0 Å². The van der Waals surface area contributed by atoms with Gasteiger partial charge in [-0.25, -0.2) is 0 Å². The van der Waals surface area contributed by atoms with E-state index >= 15 is 0 Å². The molecule has 0 bridgehead atoms. The van der Waals surface area contributed by atoms with E-state index in [4.69, 9.17) is 11.6 Å². The zero-order chi connectivity index (χ0) is 14.5. The summed E-state index contributed by atoms with van der Waals surface area (Å²) in [6.07, 6.45) is 6.19. The minimum absolute atomic E-state index is 0.0980. The van der Waals surface area contributed by atoms with Gasteiger partial charge in [-0.05, 0) is 43.2 Å². The number of nitrogens with zero attached hydrogens (tertiary/aromatic N) is 1. The Morgan fingerprint density at radius 2 is 2.05 bits per heavy atom. The molecule has 1 aromatic rings. The van der Waals surface area contributed by atoms with Gasteiger partial charge in [-0.3, -0.25) is 10.1 Å². The fraction of sp³-hybridized carbons (Fsp3) is 0.600. The molecule has 0 heterocycles. The van der Waals surface area contributed by atoms with Crippen molar-refractivity contribution in [3.05, 3.63) is 38.9 Å². The fourth-order valence-electron chi connectivity index (χ4n) is 2.84. The normalized spacial score (nSPS) is 22.7. The number of nitro benzene ring substituents is 1. The second-order valence-corrected chi connectivity index (χ2v) is 5.95. The molecular weight excluding hydrogens is 276 g/mol. The van der Waals surface area contributed by atoms with Crippen LogP contribution in [0.4, 0.5) is 5.69 Å². The van der Waals surface area contributed by atoms with Crippen molar-refractivity contribution in [2.24, 2.45) is 5.92 Å². The van der Waals surface area contributed by atoms with Crippen molar-refractivity contribution in [2.45, 2.75) is 51.6 Å². The molecule has 2 rings (SSSR count). The summed E-state index contributed by atoms with van der Waals surface area (Å²) in [4.78, 5) is 10.4. The molecule has 110 valence electrons. The van der Waals surface area contributed by atoms with E-state index in [2.05, 4.69) is 12.2 Å². The summed E-state index contributed by atoms with van der Waals surface area (Å²) >= 11 is 6.10. The monoisotopic (exact) mass is 296 g/mol. The maximum Gasteiger partial charge on any atom is 0.269 e. The van der Waals surface area contributed by atoms with Gasteiger partial charge < -0.3 is 5.32 Å². The Morgan fingerprint density at radius 1 is 1.35 bits per heavy atom. The van der Waals surface area contributed by atoms with Crippen LogP contribution in [-0.2, 0) is 6.54 Å². The number of hydrogen-bond acceptors (Lipinski definition) is 3. The predicted molar refractivity (Wildman–Crippen MR) is 81.0 cm³/mol. The molecule has 0 aliphatic heterocycles. The topological polar surface area (TPSA) is 55.2 Å². The molecule has 0 saturated heterocycles. The molecule has 1 aliphatic carbocycles. The van der Waals surface area contributed by atoms with E-state index in [0.717, 1.165) is 11.5 Å². The van der Waals surface area contributed by atoms with Crippen LogP contribution in [0, 0.1) is 16.0 Å². The molecule has 1 N–H and O–H groups in total. The highest BCUT2D eigenvalue weighted by Gasteiger charge is 2.20. The van der Waals surface area contributed by atoms with Crippen molar-refractivity contribution < 1.29 is 4.92 Å². The maximum absolute atomic E-state index is 10.8. The van der Waals surface area contributed by atoms with Crippen molar-refractivity contribution in [1.82, 2.24) is 5.32 Å². The summed E-state index contributed by atoms with van der Waals surface area (Å²) in [5.74, 6) is 0.870. The molecule has 0 aromatic heterocycles. The number of rotatable bonds is 5. The van der Waals surface area contributed by atoms with Crippen molar-refractivity contribution in [2.75, 3.05) is 0 Å². The number of nitro groups is 1. The van der Waals surface area contributed by atoms with Gasteiger partial charge in [0.05, 0.1) is 4.92 Å². The molecule has 1 aliphatic rings. The quantitative estimate of drug-likeness (QED) is 0.651. The van der Waals surface area contributed by atoms with Gasteiger partial charge in [0.15, 0.2) is 0 Å². The molecule has 1 aromatic carbocycles. The van der Waals surface area contributed by atoms with Crippen molar-refractivity contribution in [3.8, 4) is 0 Å². The highest BCUT2D eigenvalue weighted by Crippen LogP contribution is 2.27. The maximum atomic E-state index is 10.8. The van der Waals surface area contributed by atoms with E-state index in [1.165, 1.54) is 38.2 Å². The van der Waals surface area contributed by atoms with Crippen LogP contribution in [-0.4, -0.2) is 11.0 Å². The first-order chi connectivity index (χ1) is 9.60. The van der Waals surface area contributed by atoms with Crippen LogP contribution in [0.3, 0.4) is 0 Å². The van der Waals surface area contributed by atoms with Gasteiger partial charge in [-0.1, -0.05) is 24.9 Å². The molecule has 0 unspecified atom stereocenters. The van der Waals surface area contributed by atoms with Crippen LogP contribution < -0.4 is 5.32 Å². The Kier molecular flexibility index (Phi) is 5.38. The highest BCUT2D eigenvalue weighted by atomic mass is 35.5. The first-order valence-electron chi connectivity index (χ1n) is 7.26. The van der Waals surface area contributed by atoms with Gasteiger partial charge in [0.25, 0.3) is 5.69 Å². The third-order valence-corrected chi connectivity index (χ3v) is 4.61. The second kappa shape index (κ2) is 7.04. The average Bonchev–Trinajstić information content (AvgIpc) is 2.46. The van der Waals surface area contributed by atoms with Crippen molar-refractivity contribution in [3.63, 3.8) is 0 Å². The lowest BCUT2D eigenvalue weighted by atomic mass is 9.84. The summed E-state index contributed by atoms with van der Waals surface area (Å²) in [5, 5.41) is 14.9. The van der Waals surface area contributed by atoms with Crippen LogP contribution in [0.2, 0.25) is 5.02 Å². The number of benzene rings is 1. The van der Waals surface area contributed by atoms with E-state index in [1.807, 2.05) is 0 Å². The van der Waals surface area contributed by atoms with Crippen LogP contribution >= 0.6 is 11.6 Å². The number of non-ortho nitro benzene ring substituents is 1. The number of nitrogens with one attached hydrogen (secondary N) is 1. The van der Waals surface area contributed by atoms with E-state index in [0.29, 0.717) is 17.6 Å². The van der Waals surface area contributed by atoms with Gasteiger partial charge in [0.1, 0.15) is 0 Å². The van der Waals surface area contributed by atoms with Crippen LogP contribution in [0.15, 0.2) is 18.2 Å². The zero-order valence-electron chi connectivity index (χ0n) is 11.8. The molecule has 1 saturated carbocycles. The Balaban J connectivity index is 1.91. The summed E-state index contributed by atoms with van der Waals surface area (Å²) in [7, 11) is 0. The summed E-state index contributed by atoms with van der Waals surface area (Å²) in [6.45, 7) is 2.85. The second-order valence-electron chi connectivity index (χ2n) is 5.54. The highest BCUT2D eigenvalue weighted by molar-refractivity contribution is 6.31. The summed E-state index contributed by atoms with van der Waals surface area (Å²) in [5.41, 5.74) is 0.902. The molecular formula is C15H21ClN2O2. The van der Waals surface area contributed by atoms with Gasteiger partial charge in [0.2, 0.25) is 0 Å². The Labute approximate surface area is 124 Å². The first kappa shape index (κ1) is 15.3. The largest absolute Gasteiger partial charge is 0.310 e. The molecule has 4 nitrogen and oxygen atoms in total. The third kappa shape index (κ3) is 3.93. The third-order valence-electron chi connectivity index (χ3n) is 4.25. The molecule has 0 radical (unpaired) electrons. The SMILES string of the molecule is CCC1CCC(NCc2cc([N+](=O)[O-])ccc2Cl)CC1. The molecule has 5 heteroatoms. The summed E-state index contributed by atoms with van der Waals surface area (Å²) in [6, 6.07) is 5.11. The van der Waals surface area contributed by atoms with E-state index in [9.17, 15) is 10.1 Å². The zero-order valence-corrected chi connectivity index (χ0v) is 12.5. The van der Waals surface area contributed by atoms with E-state index < -0.39 is 0 Å². The molecule has 20 heavy (non-hydrogen) atoms.